The predicted molar refractivity (Wildman–Crippen MR) is 139 cm³/mol. The van der Waals surface area contributed by atoms with E-state index in [0.717, 1.165) is 75.3 Å². The maximum Gasteiger partial charge on any atom is 0.415 e. The molecule has 1 aromatic heterocycles. The molecule has 7 rings (SSSR count). The summed E-state index contributed by atoms with van der Waals surface area (Å²) < 4.78 is 11.5. The molecule has 0 unspecified atom stereocenters. The van der Waals surface area contributed by atoms with Crippen LogP contribution in [0.3, 0.4) is 0 Å². The van der Waals surface area contributed by atoms with Gasteiger partial charge in [0, 0.05) is 37.6 Å². The molecule has 0 bridgehead atoms. The number of hydrogen-bond acceptors (Lipinski definition) is 6. The highest BCUT2D eigenvalue weighted by atomic mass is 16.6. The van der Waals surface area contributed by atoms with Crippen molar-refractivity contribution in [2.45, 2.75) is 51.1 Å². The molecule has 0 atom stereocenters. The molecule has 0 saturated carbocycles. The molecule has 7 nitrogen and oxygen atoms in total. The fraction of sp³-hybridized carbons (Fsp3) is 0.517. The second kappa shape index (κ2) is 9.20. The van der Waals surface area contributed by atoms with Crippen molar-refractivity contribution in [1.82, 2.24) is 19.7 Å². The Kier molecular flexibility index (Phi) is 5.70. The van der Waals surface area contributed by atoms with Crippen LogP contribution in [0, 0.1) is 0 Å². The Labute approximate surface area is 212 Å². The SMILES string of the molecule is O=C(Oc1ccc2nc3c(cc2c1)CN1CC2=C(C=C31)CCOC2)N1CCC(N2CCCCC2)CC1. The molecule has 0 N–H and O–H groups in total. The minimum absolute atomic E-state index is 0.235. The third kappa shape index (κ3) is 4.08. The lowest BCUT2D eigenvalue weighted by molar-refractivity contribution is 0.0878. The summed E-state index contributed by atoms with van der Waals surface area (Å²) in [5.41, 5.74) is 7.31. The van der Waals surface area contributed by atoms with E-state index in [1.165, 1.54) is 54.8 Å². The number of piperidine rings is 2. The lowest BCUT2D eigenvalue weighted by Gasteiger charge is -2.39. The molecule has 6 heterocycles. The summed E-state index contributed by atoms with van der Waals surface area (Å²) in [6.07, 6.45) is 9.13. The maximum atomic E-state index is 12.9. The summed E-state index contributed by atoms with van der Waals surface area (Å²) in [6, 6.07) is 8.65. The summed E-state index contributed by atoms with van der Waals surface area (Å²) in [5, 5.41) is 1.02. The molecule has 5 aliphatic heterocycles. The molecule has 2 saturated heterocycles. The third-order valence-corrected chi connectivity index (χ3v) is 8.58. The molecule has 0 radical (unpaired) electrons. The Bertz CT molecular complexity index is 1250. The minimum Gasteiger partial charge on any atom is -0.410 e. The molecule has 7 heteroatoms. The highest BCUT2D eigenvalue weighted by Gasteiger charge is 2.32. The summed E-state index contributed by atoms with van der Waals surface area (Å²) in [4.78, 5) is 24.8. The number of nitrogens with zero attached hydrogens (tertiary/aromatic N) is 4. The van der Waals surface area contributed by atoms with Gasteiger partial charge in [-0.2, -0.15) is 0 Å². The highest BCUT2D eigenvalue weighted by molar-refractivity contribution is 5.86. The van der Waals surface area contributed by atoms with Crippen molar-refractivity contribution in [3.05, 3.63) is 52.7 Å². The van der Waals surface area contributed by atoms with Gasteiger partial charge in [0.1, 0.15) is 5.75 Å². The number of hydrogen-bond donors (Lipinski definition) is 0. The number of aromatic nitrogens is 1. The van der Waals surface area contributed by atoms with Crippen LogP contribution in [0.5, 0.6) is 5.75 Å². The third-order valence-electron chi connectivity index (χ3n) is 8.58. The van der Waals surface area contributed by atoms with E-state index in [-0.39, 0.29) is 6.09 Å². The van der Waals surface area contributed by atoms with Gasteiger partial charge in [0.15, 0.2) is 0 Å². The Morgan fingerprint density at radius 2 is 1.89 bits per heavy atom. The van der Waals surface area contributed by atoms with Crippen LogP contribution in [-0.2, 0) is 11.3 Å². The van der Waals surface area contributed by atoms with Crippen LogP contribution in [0.1, 0.15) is 49.8 Å². The van der Waals surface area contributed by atoms with Crippen LogP contribution >= 0.6 is 0 Å². The second-order valence-electron chi connectivity index (χ2n) is 10.9. The van der Waals surface area contributed by atoms with Gasteiger partial charge >= 0.3 is 6.09 Å². The number of pyridine rings is 1. The minimum atomic E-state index is -0.235. The fourth-order valence-corrected chi connectivity index (χ4v) is 6.57. The van der Waals surface area contributed by atoms with Crippen LogP contribution in [0.2, 0.25) is 0 Å². The van der Waals surface area contributed by atoms with E-state index in [4.69, 9.17) is 14.5 Å². The maximum absolute atomic E-state index is 12.9. The molecule has 36 heavy (non-hydrogen) atoms. The Balaban J connectivity index is 1.04. The van der Waals surface area contributed by atoms with Gasteiger partial charge in [-0.15, -0.1) is 0 Å². The van der Waals surface area contributed by atoms with E-state index in [2.05, 4.69) is 21.9 Å². The molecular formula is C29H34N4O3. The number of fused-ring (bicyclic) bond motifs is 4. The van der Waals surface area contributed by atoms with Crippen LogP contribution in [-0.4, -0.2) is 77.8 Å². The van der Waals surface area contributed by atoms with Gasteiger partial charge in [0.05, 0.1) is 30.1 Å². The lowest BCUT2D eigenvalue weighted by Crippen LogP contribution is -2.48. The number of amides is 1. The number of carbonyl (C=O) groups excluding carboxylic acids is 1. The van der Waals surface area contributed by atoms with Crippen molar-refractivity contribution < 1.29 is 14.3 Å². The van der Waals surface area contributed by atoms with Crippen molar-refractivity contribution in [1.29, 1.82) is 0 Å². The van der Waals surface area contributed by atoms with E-state index in [9.17, 15) is 4.79 Å². The molecule has 188 valence electrons. The molecule has 2 fully saturated rings. The summed E-state index contributed by atoms with van der Waals surface area (Å²) >= 11 is 0. The smallest absolute Gasteiger partial charge is 0.410 e. The largest absolute Gasteiger partial charge is 0.415 e. The molecule has 1 amide bonds. The van der Waals surface area contributed by atoms with Gasteiger partial charge in [-0.1, -0.05) is 6.42 Å². The van der Waals surface area contributed by atoms with Gasteiger partial charge in [-0.3, -0.25) is 0 Å². The molecule has 0 spiro atoms. The first-order chi connectivity index (χ1) is 17.7. The van der Waals surface area contributed by atoms with Crippen LogP contribution in [0.4, 0.5) is 4.79 Å². The second-order valence-corrected chi connectivity index (χ2v) is 10.9. The van der Waals surface area contributed by atoms with Crippen molar-refractivity contribution in [3.63, 3.8) is 0 Å². The monoisotopic (exact) mass is 486 g/mol. The normalized spacial score (nSPS) is 22.8. The quantitative estimate of drug-likeness (QED) is 0.620. The summed E-state index contributed by atoms with van der Waals surface area (Å²) in [7, 11) is 0. The summed E-state index contributed by atoms with van der Waals surface area (Å²) in [5.74, 6) is 0.594. The fourth-order valence-electron chi connectivity index (χ4n) is 6.57. The molecule has 5 aliphatic rings. The Morgan fingerprint density at radius 3 is 2.75 bits per heavy atom. The lowest BCUT2D eigenvalue weighted by atomic mass is 9.98. The van der Waals surface area contributed by atoms with Crippen molar-refractivity contribution >= 4 is 22.7 Å². The zero-order chi connectivity index (χ0) is 24.1. The Morgan fingerprint density at radius 1 is 1.03 bits per heavy atom. The number of likely N-dealkylation sites (tertiary alicyclic amines) is 2. The van der Waals surface area contributed by atoms with E-state index in [1.807, 2.05) is 23.1 Å². The molecule has 1 aromatic carbocycles. The predicted octanol–water partition coefficient (Wildman–Crippen LogP) is 4.57. The average molecular weight is 487 g/mol. The molecule has 0 aliphatic carbocycles. The average Bonchev–Trinajstić information content (AvgIpc) is 3.27. The van der Waals surface area contributed by atoms with Gasteiger partial charge in [0.2, 0.25) is 0 Å². The first-order valence-electron chi connectivity index (χ1n) is 13.6. The van der Waals surface area contributed by atoms with Gasteiger partial charge in [0.25, 0.3) is 0 Å². The number of rotatable bonds is 2. The van der Waals surface area contributed by atoms with Crippen LogP contribution in [0.25, 0.3) is 16.6 Å². The van der Waals surface area contributed by atoms with Gasteiger partial charge < -0.3 is 24.2 Å². The van der Waals surface area contributed by atoms with E-state index >= 15 is 0 Å². The van der Waals surface area contributed by atoms with E-state index in [1.54, 1.807) is 0 Å². The first kappa shape index (κ1) is 22.3. The molecular weight excluding hydrogens is 452 g/mol. The summed E-state index contributed by atoms with van der Waals surface area (Å²) in [6.45, 7) is 7.30. The Hall–Kier alpha value is -2.90. The van der Waals surface area contributed by atoms with Crippen LogP contribution < -0.4 is 4.74 Å². The van der Waals surface area contributed by atoms with Gasteiger partial charge in [-0.25, -0.2) is 9.78 Å². The van der Waals surface area contributed by atoms with Crippen molar-refractivity contribution in [3.8, 4) is 5.75 Å². The molecule has 2 aromatic rings. The van der Waals surface area contributed by atoms with Crippen molar-refractivity contribution in [2.24, 2.45) is 0 Å². The van der Waals surface area contributed by atoms with Gasteiger partial charge in [-0.05, 0) is 92.2 Å². The van der Waals surface area contributed by atoms with E-state index in [0.29, 0.717) is 11.8 Å². The van der Waals surface area contributed by atoms with Crippen LogP contribution in [0.15, 0.2) is 41.5 Å². The van der Waals surface area contributed by atoms with Crippen molar-refractivity contribution in [2.75, 3.05) is 45.9 Å². The first-order valence-corrected chi connectivity index (χ1v) is 13.6. The zero-order valence-electron chi connectivity index (χ0n) is 20.9. The zero-order valence-corrected chi connectivity index (χ0v) is 20.9. The topological polar surface area (TPSA) is 58.1 Å². The number of carbonyl (C=O) groups is 1. The standard InChI is InChI=1S/C29H34N4O3/c34-29(32-11-6-24(7-12-32)31-9-2-1-3-10-31)36-25-4-5-26-21(15-25)14-22-17-33-18-23-19-35-13-8-20(23)16-27(33)28(22)30-26/h4-5,14-16,24H,1-3,6-13,17-19H2. The number of benzene rings is 1. The highest BCUT2D eigenvalue weighted by Crippen LogP contribution is 2.39. The number of allylic oxidation sites excluding steroid dienone is 1. The van der Waals surface area contributed by atoms with E-state index < -0.39 is 0 Å². The number of ether oxygens (including phenoxy) is 2.